The van der Waals surface area contributed by atoms with Crippen molar-refractivity contribution in [1.82, 2.24) is 5.09 Å². The van der Waals surface area contributed by atoms with Crippen LogP contribution in [0, 0.1) is 0 Å². The Hall–Kier alpha value is -0.740. The Morgan fingerprint density at radius 3 is 2.19 bits per heavy atom. The van der Waals surface area contributed by atoms with Gasteiger partial charge in [-0.05, 0) is 45.2 Å². The van der Waals surface area contributed by atoms with Crippen molar-refractivity contribution in [2.75, 3.05) is 7.05 Å². The summed E-state index contributed by atoms with van der Waals surface area (Å²) in [6, 6.07) is 6.44. The van der Waals surface area contributed by atoms with Crippen LogP contribution in [0.3, 0.4) is 0 Å². The highest BCUT2D eigenvalue weighted by atomic mass is 35.7. The van der Waals surface area contributed by atoms with Crippen molar-refractivity contribution in [2.24, 2.45) is 0 Å². The number of hydrogen-bond donors (Lipinski definition) is 1. The van der Waals surface area contributed by atoms with Gasteiger partial charge in [0.2, 0.25) is 0 Å². The summed E-state index contributed by atoms with van der Waals surface area (Å²) in [6.07, 6.45) is 0.500. The maximum absolute atomic E-state index is 11.2. The van der Waals surface area contributed by atoms with E-state index in [1.807, 2.05) is 13.8 Å². The minimum Gasteiger partial charge on any atom is -0.463 e. The summed E-state index contributed by atoms with van der Waals surface area (Å²) in [7, 11) is 1.46. The molecule has 21 heavy (non-hydrogen) atoms. The average molecular weight is 356 g/mol. The molecular weight excluding hydrogens is 336 g/mol. The third kappa shape index (κ3) is 10.6. The third-order valence-electron chi connectivity index (χ3n) is 1.96. The normalized spacial score (nSPS) is 12.9. The van der Waals surface area contributed by atoms with Gasteiger partial charge >= 0.3 is 12.8 Å². The van der Waals surface area contributed by atoms with Gasteiger partial charge in [0, 0.05) is 22.7 Å². The summed E-state index contributed by atoms with van der Waals surface area (Å²) >= 11 is 11.1. The number of rotatable bonds is 5. The fourth-order valence-corrected chi connectivity index (χ4v) is 1.87. The van der Waals surface area contributed by atoms with Gasteiger partial charge in [-0.15, -0.1) is 0 Å². The topological polar surface area (TPSA) is 64.6 Å². The Labute approximate surface area is 135 Å². The van der Waals surface area contributed by atoms with Crippen LogP contribution in [-0.4, -0.2) is 19.1 Å². The minimum absolute atomic E-state index is 0.0300. The van der Waals surface area contributed by atoms with Crippen LogP contribution < -0.4 is 9.61 Å². The predicted molar refractivity (Wildman–Crippen MR) is 86.1 cm³/mol. The van der Waals surface area contributed by atoms with Crippen LogP contribution in [0.1, 0.15) is 27.2 Å². The van der Waals surface area contributed by atoms with E-state index in [0.29, 0.717) is 17.2 Å². The van der Waals surface area contributed by atoms with E-state index in [2.05, 4.69) is 5.09 Å². The van der Waals surface area contributed by atoms with E-state index >= 15 is 0 Å². The van der Waals surface area contributed by atoms with Crippen molar-refractivity contribution in [3.63, 3.8) is 0 Å². The Bertz CT molecular complexity index is 480. The molecule has 0 heterocycles. The smallest absolute Gasteiger partial charge is 0.408 e. The van der Waals surface area contributed by atoms with Crippen molar-refractivity contribution in [3.8, 4) is 5.75 Å². The first-order valence-electron chi connectivity index (χ1n) is 6.33. The minimum atomic E-state index is -3.23. The number of carbonyl (C=O) groups is 1. The zero-order valence-electron chi connectivity index (χ0n) is 12.4. The lowest BCUT2D eigenvalue weighted by Gasteiger charge is -2.10. The summed E-state index contributed by atoms with van der Waals surface area (Å²) in [6.45, 7) is 2.23. The molecule has 0 radical (unpaired) electrons. The molecule has 0 aliphatic heterocycles. The fraction of sp³-hybridized carbons (Fsp3) is 0.462. The van der Waals surface area contributed by atoms with E-state index in [0.717, 1.165) is 0 Å². The van der Waals surface area contributed by atoms with Crippen molar-refractivity contribution in [2.45, 2.75) is 33.3 Å². The van der Waals surface area contributed by atoms with Crippen LogP contribution in [0.4, 0.5) is 0 Å². The van der Waals surface area contributed by atoms with Gasteiger partial charge in [0.25, 0.3) is 0 Å². The highest BCUT2D eigenvalue weighted by Crippen LogP contribution is 2.47. The fourth-order valence-electron chi connectivity index (χ4n) is 1.02. The number of esters is 1. The lowest BCUT2D eigenvalue weighted by atomic mass is 10.3. The van der Waals surface area contributed by atoms with E-state index in [9.17, 15) is 9.36 Å². The molecule has 1 rings (SSSR count). The zero-order valence-corrected chi connectivity index (χ0v) is 14.8. The SMILES string of the molecule is CCC(=O)OC(C)C.CNP(=O)(Cl)Oc1ccc(Cl)cc1. The van der Waals surface area contributed by atoms with Crippen LogP contribution in [0.25, 0.3) is 0 Å². The lowest BCUT2D eigenvalue weighted by molar-refractivity contribution is -0.146. The molecule has 1 aromatic carbocycles. The van der Waals surface area contributed by atoms with Crippen LogP contribution >= 0.6 is 29.7 Å². The molecule has 0 fully saturated rings. The number of halogens is 2. The monoisotopic (exact) mass is 355 g/mol. The summed E-state index contributed by atoms with van der Waals surface area (Å²) in [5, 5.41) is 2.95. The van der Waals surface area contributed by atoms with E-state index < -0.39 is 6.87 Å². The number of nitrogens with one attached hydrogen (secondary N) is 1. The molecular formula is C13H20Cl2NO4P. The van der Waals surface area contributed by atoms with Crippen molar-refractivity contribution in [3.05, 3.63) is 29.3 Å². The molecule has 1 aromatic rings. The summed E-state index contributed by atoms with van der Waals surface area (Å²) in [5.74, 6) is 0.289. The standard InChI is InChI=1S/C7H8Cl2NO2P.C6H12O2/c1-10-13(9,11)12-7-4-2-6(8)3-5-7;1-4-6(7)8-5(2)3/h2-5H,1H3,(H,10,11);5H,4H2,1-3H3. The third-order valence-corrected chi connectivity index (χ3v) is 3.91. The molecule has 0 bridgehead atoms. The van der Waals surface area contributed by atoms with Crippen LogP contribution in [0.5, 0.6) is 5.75 Å². The van der Waals surface area contributed by atoms with Gasteiger partial charge < -0.3 is 9.26 Å². The van der Waals surface area contributed by atoms with E-state index in [1.165, 1.54) is 7.05 Å². The predicted octanol–water partition coefficient (Wildman–Crippen LogP) is 4.63. The highest BCUT2D eigenvalue weighted by molar-refractivity contribution is 7.84. The quantitative estimate of drug-likeness (QED) is 0.615. The van der Waals surface area contributed by atoms with Crippen LogP contribution in [0.2, 0.25) is 5.02 Å². The number of carbonyl (C=O) groups excluding carboxylic acids is 1. The van der Waals surface area contributed by atoms with Crippen molar-refractivity contribution in [1.29, 1.82) is 0 Å². The molecule has 120 valence electrons. The molecule has 0 saturated heterocycles. The van der Waals surface area contributed by atoms with Gasteiger partial charge in [-0.2, -0.15) is 0 Å². The van der Waals surface area contributed by atoms with Crippen molar-refractivity contribution < 1.29 is 18.6 Å². The van der Waals surface area contributed by atoms with Gasteiger partial charge in [0.05, 0.1) is 6.10 Å². The second-order valence-corrected chi connectivity index (χ2v) is 7.50. The van der Waals surface area contributed by atoms with Gasteiger partial charge in [-0.25, -0.2) is 9.65 Å². The highest BCUT2D eigenvalue weighted by Gasteiger charge is 2.17. The molecule has 5 nitrogen and oxygen atoms in total. The Morgan fingerprint density at radius 1 is 1.33 bits per heavy atom. The Kier molecular flexibility index (Phi) is 9.71. The van der Waals surface area contributed by atoms with Gasteiger partial charge in [0.15, 0.2) is 0 Å². The summed E-state index contributed by atoms with van der Waals surface area (Å²) in [4.78, 5) is 10.4. The lowest BCUT2D eigenvalue weighted by Crippen LogP contribution is -2.09. The van der Waals surface area contributed by atoms with Gasteiger partial charge in [-0.3, -0.25) is 4.79 Å². The molecule has 0 aliphatic rings. The second-order valence-electron chi connectivity index (χ2n) is 4.14. The van der Waals surface area contributed by atoms with E-state index in [1.54, 1.807) is 31.2 Å². The Balaban J connectivity index is 0.000000433. The Morgan fingerprint density at radius 2 is 1.86 bits per heavy atom. The van der Waals surface area contributed by atoms with Gasteiger partial charge in [0.1, 0.15) is 5.75 Å². The molecule has 8 heteroatoms. The maximum atomic E-state index is 11.2. The molecule has 0 aliphatic carbocycles. The first kappa shape index (κ1) is 20.3. The molecule has 0 saturated carbocycles. The van der Waals surface area contributed by atoms with E-state index in [4.69, 9.17) is 32.1 Å². The summed E-state index contributed by atoms with van der Waals surface area (Å²) in [5.41, 5.74) is 0. The van der Waals surface area contributed by atoms with Gasteiger partial charge in [-0.1, -0.05) is 18.5 Å². The molecule has 0 amide bonds. The molecule has 0 aromatic heterocycles. The summed E-state index contributed by atoms with van der Waals surface area (Å²) < 4.78 is 21.0. The van der Waals surface area contributed by atoms with Crippen molar-refractivity contribution >= 4 is 35.7 Å². The zero-order chi connectivity index (χ0) is 16.5. The van der Waals surface area contributed by atoms with Crippen LogP contribution in [0.15, 0.2) is 24.3 Å². The first-order chi connectivity index (χ1) is 9.70. The second kappa shape index (κ2) is 10.1. The molecule has 1 unspecified atom stereocenters. The number of hydrogen-bond acceptors (Lipinski definition) is 4. The number of benzene rings is 1. The van der Waals surface area contributed by atoms with E-state index in [-0.39, 0.29) is 12.1 Å². The largest absolute Gasteiger partial charge is 0.463 e. The molecule has 0 spiro atoms. The average Bonchev–Trinajstić information content (AvgIpc) is 2.41. The molecule has 1 N–H and O–H groups in total. The van der Waals surface area contributed by atoms with Crippen LogP contribution in [-0.2, 0) is 14.1 Å². The first-order valence-corrected chi connectivity index (χ1v) is 9.24. The maximum Gasteiger partial charge on any atom is 0.408 e. The number of ether oxygens (including phenoxy) is 1. The molecule has 1 atom stereocenters.